The third-order valence-electron chi connectivity index (χ3n) is 21.4. The van der Waals surface area contributed by atoms with Crippen LogP contribution < -0.4 is 0 Å². The molecule has 2 spiro atoms. The van der Waals surface area contributed by atoms with Crippen molar-refractivity contribution in [1.29, 1.82) is 0 Å². The van der Waals surface area contributed by atoms with Crippen LogP contribution in [0.4, 0.5) is 0 Å². The number of rotatable bonds is 13. The molecule has 6 aliphatic heterocycles. The van der Waals surface area contributed by atoms with E-state index in [1.807, 2.05) is 13.8 Å². The maximum Gasteiger partial charge on any atom is 0.303 e. The Bertz CT molecular complexity index is 2150. The first-order valence-corrected chi connectivity index (χ1v) is 27.8. The summed E-state index contributed by atoms with van der Waals surface area (Å²) in [4.78, 5) is 12.7. The van der Waals surface area contributed by atoms with Gasteiger partial charge in [0.2, 0.25) is 0 Å². The third kappa shape index (κ3) is 9.15. The molecule has 77 heavy (non-hydrogen) atoms. The van der Waals surface area contributed by atoms with E-state index in [9.17, 15) is 61.0 Å². The van der Waals surface area contributed by atoms with E-state index in [1.54, 1.807) is 6.92 Å². The fraction of sp³-hybridized carbons (Fsp3) is 0.944. The van der Waals surface area contributed by atoms with Gasteiger partial charge in [0.25, 0.3) is 0 Å². The lowest BCUT2D eigenvalue weighted by atomic mass is 9.35. The second-order valence-corrected chi connectivity index (χ2v) is 25.9. The minimum atomic E-state index is -1.92. The van der Waals surface area contributed by atoms with Crippen LogP contribution in [0.2, 0.25) is 0 Å². The molecule has 0 amide bonds. The molecule has 10 rings (SSSR count). The van der Waals surface area contributed by atoms with E-state index < -0.39 is 178 Å². The molecule has 2 bridgehead atoms. The van der Waals surface area contributed by atoms with Crippen molar-refractivity contribution in [3.05, 3.63) is 12.2 Å². The number of aliphatic hydroxyl groups is 11. The van der Waals surface area contributed by atoms with Gasteiger partial charge < -0.3 is 108 Å². The lowest BCUT2D eigenvalue weighted by Gasteiger charge is -2.70. The number of carbonyl (C=O) groups is 1. The lowest BCUT2D eigenvalue weighted by molar-refractivity contribution is -0.385. The second-order valence-electron chi connectivity index (χ2n) is 25.9. The summed E-state index contributed by atoms with van der Waals surface area (Å²) >= 11 is 0. The predicted octanol–water partition coefficient (Wildman–Crippen LogP) is -1.14. The van der Waals surface area contributed by atoms with Crippen LogP contribution >= 0.6 is 0 Å². The van der Waals surface area contributed by atoms with Gasteiger partial charge in [0, 0.05) is 30.6 Å². The van der Waals surface area contributed by atoms with Crippen molar-refractivity contribution in [2.24, 2.45) is 51.2 Å². The van der Waals surface area contributed by atoms with Crippen molar-refractivity contribution >= 4 is 5.97 Å². The van der Waals surface area contributed by atoms with E-state index in [0.717, 1.165) is 37.7 Å². The standard InChI is InChI=1S/C54H86O23/c1-22(2)23(3)39-44(70-24(4)57)52(9,66)43-25-10-11-31-50(7)14-13-32(49(5,6)30(50)12-15-51(31,8)53(25)20-54(43,77-39)69-21-53)73-48-42(76-46-37(64)34(61)28(16-55)71-46)40(27(59)19-68-48)74-47-38(65)41(35(62)29(17-56)72-47)75-45-36(63)33(60)26(58)18-67-45/h23,25-48,55-56,58-66H,1,10-21H2,2-9H3. The molecule has 30 atom stereocenters. The summed E-state index contributed by atoms with van der Waals surface area (Å²) in [6, 6.07) is 0. The SMILES string of the molecule is C=C(C)C(C)C1OC23CC4(CO2)C(CCC2C5(C)CCC(OC6OCC(O)C(OC7OC(CO)C(O)C(OC8OCC(O)C(O)C8O)C7O)C6OC6OC(CO)C(O)C6O)C(C)(C)C5CCC24C)C3C(C)(O)C1OC(C)=O. The fourth-order valence-electron chi connectivity index (χ4n) is 17.3. The third-order valence-corrected chi connectivity index (χ3v) is 21.4. The molecule has 11 N–H and O–H groups in total. The number of esters is 1. The summed E-state index contributed by atoms with van der Waals surface area (Å²) in [7, 11) is 0. The number of hydrogen-bond acceptors (Lipinski definition) is 23. The number of ether oxygens (including phenoxy) is 11. The number of hydrogen-bond donors (Lipinski definition) is 11. The van der Waals surface area contributed by atoms with Gasteiger partial charge in [-0.3, -0.25) is 4.79 Å². The molecule has 6 heterocycles. The minimum Gasteiger partial charge on any atom is -0.457 e. The fourth-order valence-corrected chi connectivity index (χ4v) is 17.3. The summed E-state index contributed by atoms with van der Waals surface area (Å²) in [5.41, 5.74) is -1.96. The molecule has 23 heteroatoms. The molecule has 440 valence electrons. The number of fused-ring (bicyclic) bond motifs is 4. The summed E-state index contributed by atoms with van der Waals surface area (Å²) in [6.45, 7) is 18.6. The van der Waals surface area contributed by atoms with E-state index in [0.29, 0.717) is 19.4 Å². The van der Waals surface area contributed by atoms with Gasteiger partial charge in [-0.05, 0) is 86.4 Å². The molecule has 30 unspecified atom stereocenters. The maximum atomic E-state index is 12.8. The quantitative estimate of drug-likeness (QED) is 0.0590. The molecule has 6 saturated heterocycles. The van der Waals surface area contributed by atoms with Crippen LogP contribution in [0.25, 0.3) is 0 Å². The summed E-state index contributed by atoms with van der Waals surface area (Å²) in [5.74, 6) is -1.90. The largest absolute Gasteiger partial charge is 0.457 e. The average molecular weight is 1100 g/mol. The van der Waals surface area contributed by atoms with Crippen LogP contribution in [-0.2, 0) is 56.9 Å². The van der Waals surface area contributed by atoms with E-state index in [-0.39, 0.29) is 39.9 Å². The van der Waals surface area contributed by atoms with Crippen LogP contribution in [-0.4, -0.2) is 229 Å². The van der Waals surface area contributed by atoms with Gasteiger partial charge in [-0.1, -0.05) is 46.8 Å². The topological polar surface area (TPSA) is 341 Å². The van der Waals surface area contributed by atoms with Crippen molar-refractivity contribution < 1.29 is 113 Å². The molecule has 10 fully saturated rings. The molecule has 0 radical (unpaired) electrons. The highest BCUT2D eigenvalue weighted by Crippen LogP contribution is 2.80. The Balaban J connectivity index is 0.904. The molecule has 4 aliphatic carbocycles. The average Bonchev–Trinajstić information content (AvgIpc) is 4.00. The van der Waals surface area contributed by atoms with Crippen molar-refractivity contribution in [3.8, 4) is 0 Å². The highest BCUT2D eigenvalue weighted by atomic mass is 16.8. The molecule has 4 saturated carbocycles. The van der Waals surface area contributed by atoms with Crippen molar-refractivity contribution in [3.63, 3.8) is 0 Å². The number of carbonyl (C=O) groups excluding carboxylic acids is 1. The first-order valence-electron chi connectivity index (χ1n) is 27.8. The van der Waals surface area contributed by atoms with Crippen molar-refractivity contribution in [2.75, 3.05) is 33.0 Å². The zero-order chi connectivity index (χ0) is 55.9. The van der Waals surface area contributed by atoms with E-state index in [4.69, 9.17) is 52.1 Å². The normalized spacial score (nSPS) is 55.4. The molecule has 23 nitrogen and oxygen atoms in total. The van der Waals surface area contributed by atoms with Gasteiger partial charge in [-0.15, -0.1) is 0 Å². The van der Waals surface area contributed by atoms with Crippen molar-refractivity contribution in [2.45, 2.75) is 235 Å². The van der Waals surface area contributed by atoms with Crippen molar-refractivity contribution in [1.82, 2.24) is 0 Å². The predicted molar refractivity (Wildman–Crippen MR) is 261 cm³/mol. The van der Waals surface area contributed by atoms with Crippen LogP contribution in [0.5, 0.6) is 0 Å². The molecular weight excluding hydrogens is 1020 g/mol. The molecule has 0 aromatic rings. The Hall–Kier alpha value is -1.63. The first kappa shape index (κ1) is 58.6. The highest BCUT2D eigenvalue weighted by Gasteiger charge is 2.82. The van der Waals surface area contributed by atoms with E-state index >= 15 is 0 Å². The zero-order valence-corrected chi connectivity index (χ0v) is 45.4. The van der Waals surface area contributed by atoms with E-state index in [1.165, 1.54) is 6.92 Å². The summed E-state index contributed by atoms with van der Waals surface area (Å²) < 4.78 is 68.8. The van der Waals surface area contributed by atoms with Gasteiger partial charge in [0.05, 0.1) is 39.1 Å². The second kappa shape index (κ2) is 20.9. The van der Waals surface area contributed by atoms with Gasteiger partial charge in [-0.25, -0.2) is 0 Å². The van der Waals surface area contributed by atoms with Crippen LogP contribution in [0.15, 0.2) is 12.2 Å². The van der Waals surface area contributed by atoms with Crippen LogP contribution in [0, 0.1) is 51.2 Å². The Morgan fingerprint density at radius 2 is 1.29 bits per heavy atom. The first-order chi connectivity index (χ1) is 36.1. The molecule has 0 aromatic carbocycles. The summed E-state index contributed by atoms with van der Waals surface area (Å²) in [6.07, 6.45) is -24.1. The minimum absolute atomic E-state index is 0.0301. The summed E-state index contributed by atoms with van der Waals surface area (Å²) in [5, 5.41) is 121. The molecular formula is C54H86O23. The Kier molecular flexibility index (Phi) is 15.9. The number of aliphatic hydroxyl groups excluding tert-OH is 10. The van der Waals surface area contributed by atoms with Gasteiger partial charge in [0.1, 0.15) is 91.1 Å². The lowest BCUT2D eigenvalue weighted by Crippen LogP contribution is -2.71. The molecule has 10 aliphatic rings. The zero-order valence-electron chi connectivity index (χ0n) is 45.4. The molecule has 0 aromatic heterocycles. The smallest absolute Gasteiger partial charge is 0.303 e. The van der Waals surface area contributed by atoms with E-state index in [2.05, 4.69) is 34.3 Å². The monoisotopic (exact) mass is 1100 g/mol. The van der Waals surface area contributed by atoms with Crippen LogP contribution in [0.3, 0.4) is 0 Å². The highest BCUT2D eigenvalue weighted by molar-refractivity contribution is 5.66. The Labute approximate surface area is 448 Å². The Morgan fingerprint density at radius 3 is 1.94 bits per heavy atom. The maximum absolute atomic E-state index is 12.8. The van der Waals surface area contributed by atoms with Gasteiger partial charge in [-0.2, -0.15) is 0 Å². The Morgan fingerprint density at radius 1 is 0.675 bits per heavy atom. The van der Waals surface area contributed by atoms with Crippen LogP contribution in [0.1, 0.15) is 100 Å². The van der Waals surface area contributed by atoms with Gasteiger partial charge >= 0.3 is 5.97 Å². The van der Waals surface area contributed by atoms with Gasteiger partial charge in [0.15, 0.2) is 37.1 Å².